The van der Waals surface area contributed by atoms with Crippen molar-refractivity contribution in [2.75, 3.05) is 19.0 Å². The monoisotopic (exact) mass is 319 g/mol. The van der Waals surface area contributed by atoms with Crippen LogP contribution in [0.15, 0.2) is 36.4 Å². The zero-order valence-electron chi connectivity index (χ0n) is 12.0. The molecule has 0 aliphatic heterocycles. The van der Waals surface area contributed by atoms with E-state index in [1.807, 2.05) is 12.1 Å². The van der Waals surface area contributed by atoms with Gasteiger partial charge in [0, 0.05) is 12.2 Å². The van der Waals surface area contributed by atoms with Crippen LogP contribution in [-0.2, 0) is 6.54 Å². The van der Waals surface area contributed by atoms with Crippen molar-refractivity contribution in [3.05, 3.63) is 52.8 Å². The fraction of sp³-hybridized carbons (Fsp3) is 0.176. The molecular formula is C17H15ClFNO2. The lowest BCUT2D eigenvalue weighted by Crippen LogP contribution is -2.02. The van der Waals surface area contributed by atoms with Crippen molar-refractivity contribution in [1.29, 1.82) is 0 Å². The molecule has 0 aliphatic carbocycles. The summed E-state index contributed by atoms with van der Waals surface area (Å²) in [4.78, 5) is 0. The molecule has 0 unspecified atom stereocenters. The van der Waals surface area contributed by atoms with E-state index in [2.05, 4.69) is 11.2 Å². The summed E-state index contributed by atoms with van der Waals surface area (Å²) in [5.74, 6) is 3.16. The molecule has 0 saturated heterocycles. The van der Waals surface area contributed by atoms with Crippen molar-refractivity contribution in [2.24, 2.45) is 0 Å². The average molecular weight is 320 g/mol. The first-order valence-corrected chi connectivity index (χ1v) is 6.94. The Kier molecular flexibility index (Phi) is 5.51. The van der Waals surface area contributed by atoms with Crippen molar-refractivity contribution in [3.63, 3.8) is 0 Å². The number of terminal acetylenes is 1. The number of hydrogen-bond donors (Lipinski definition) is 1. The predicted octanol–water partition coefficient (Wildman–Crippen LogP) is 4.11. The highest BCUT2D eigenvalue weighted by Gasteiger charge is 2.06. The van der Waals surface area contributed by atoms with Crippen LogP contribution < -0.4 is 14.8 Å². The summed E-state index contributed by atoms with van der Waals surface area (Å²) >= 11 is 5.74. The number of anilines is 1. The first kappa shape index (κ1) is 16.0. The molecule has 0 heterocycles. The standard InChI is InChI=1S/C17H15ClFNO2/c1-3-8-22-16-7-4-12(9-17(16)21-2)11-20-13-5-6-15(19)14(18)10-13/h1,4-7,9-10,20H,8,11H2,2H3. The fourth-order valence-corrected chi connectivity index (χ4v) is 2.05. The van der Waals surface area contributed by atoms with Crippen molar-refractivity contribution in [2.45, 2.75) is 6.54 Å². The van der Waals surface area contributed by atoms with Crippen LogP contribution in [0, 0.1) is 18.2 Å². The largest absolute Gasteiger partial charge is 0.493 e. The van der Waals surface area contributed by atoms with Crippen molar-refractivity contribution in [1.82, 2.24) is 0 Å². The van der Waals surface area contributed by atoms with Crippen molar-refractivity contribution in [3.8, 4) is 23.8 Å². The van der Waals surface area contributed by atoms with E-state index >= 15 is 0 Å². The minimum absolute atomic E-state index is 0.0839. The molecule has 114 valence electrons. The molecule has 0 bridgehead atoms. The predicted molar refractivity (Wildman–Crippen MR) is 86.1 cm³/mol. The van der Waals surface area contributed by atoms with Gasteiger partial charge in [0.05, 0.1) is 12.1 Å². The number of methoxy groups -OCH3 is 1. The van der Waals surface area contributed by atoms with Gasteiger partial charge in [0.15, 0.2) is 11.5 Å². The summed E-state index contributed by atoms with van der Waals surface area (Å²) in [7, 11) is 1.56. The Morgan fingerprint density at radius 1 is 1.23 bits per heavy atom. The minimum Gasteiger partial charge on any atom is -0.493 e. The molecule has 2 aromatic rings. The summed E-state index contributed by atoms with van der Waals surface area (Å²) in [5, 5.41) is 3.25. The lowest BCUT2D eigenvalue weighted by Gasteiger charge is -2.12. The molecule has 0 aliphatic rings. The Bertz CT molecular complexity index is 698. The second-order valence-electron chi connectivity index (χ2n) is 4.46. The van der Waals surface area contributed by atoms with Crippen LogP contribution in [0.2, 0.25) is 5.02 Å². The molecule has 0 spiro atoms. The lowest BCUT2D eigenvalue weighted by molar-refractivity contribution is 0.330. The molecular weight excluding hydrogens is 305 g/mol. The maximum Gasteiger partial charge on any atom is 0.162 e. The van der Waals surface area contributed by atoms with Crippen LogP contribution in [-0.4, -0.2) is 13.7 Å². The molecule has 0 fully saturated rings. The molecule has 0 radical (unpaired) electrons. The highest BCUT2D eigenvalue weighted by atomic mass is 35.5. The maximum atomic E-state index is 13.1. The Labute approximate surface area is 134 Å². The van der Waals surface area contributed by atoms with Gasteiger partial charge in [-0.1, -0.05) is 23.6 Å². The van der Waals surface area contributed by atoms with Crippen LogP contribution in [0.3, 0.4) is 0 Å². The molecule has 22 heavy (non-hydrogen) atoms. The van der Waals surface area contributed by atoms with E-state index in [1.54, 1.807) is 25.3 Å². The highest BCUT2D eigenvalue weighted by molar-refractivity contribution is 6.31. The first-order valence-electron chi connectivity index (χ1n) is 6.56. The number of hydrogen-bond acceptors (Lipinski definition) is 3. The van der Waals surface area contributed by atoms with E-state index in [1.165, 1.54) is 6.07 Å². The first-order chi connectivity index (χ1) is 10.6. The molecule has 0 amide bonds. The van der Waals surface area contributed by atoms with E-state index in [0.29, 0.717) is 18.0 Å². The summed E-state index contributed by atoms with van der Waals surface area (Å²) in [6, 6.07) is 10.0. The Balaban J connectivity index is 2.06. The Morgan fingerprint density at radius 3 is 2.73 bits per heavy atom. The van der Waals surface area contributed by atoms with Gasteiger partial charge < -0.3 is 14.8 Å². The normalized spacial score (nSPS) is 9.91. The molecule has 3 nitrogen and oxygen atoms in total. The van der Waals surface area contributed by atoms with Gasteiger partial charge >= 0.3 is 0 Å². The van der Waals surface area contributed by atoms with Crippen molar-refractivity contribution < 1.29 is 13.9 Å². The zero-order valence-corrected chi connectivity index (χ0v) is 12.8. The van der Waals surface area contributed by atoms with E-state index < -0.39 is 5.82 Å². The number of ether oxygens (including phenoxy) is 2. The molecule has 2 rings (SSSR count). The van der Waals surface area contributed by atoms with Crippen LogP contribution in [0.1, 0.15) is 5.56 Å². The summed E-state index contributed by atoms with van der Waals surface area (Å²) in [5.41, 5.74) is 1.71. The smallest absolute Gasteiger partial charge is 0.162 e. The van der Waals surface area contributed by atoms with Gasteiger partial charge in [0.1, 0.15) is 12.4 Å². The van der Waals surface area contributed by atoms with E-state index in [0.717, 1.165) is 11.3 Å². The Morgan fingerprint density at radius 2 is 2.05 bits per heavy atom. The van der Waals surface area contributed by atoms with E-state index in [-0.39, 0.29) is 11.6 Å². The van der Waals surface area contributed by atoms with Crippen LogP contribution >= 0.6 is 11.6 Å². The van der Waals surface area contributed by atoms with Gasteiger partial charge in [-0.15, -0.1) is 6.42 Å². The molecule has 2 aromatic carbocycles. The van der Waals surface area contributed by atoms with Crippen molar-refractivity contribution >= 4 is 17.3 Å². The summed E-state index contributed by atoms with van der Waals surface area (Å²) in [6.07, 6.45) is 5.17. The van der Waals surface area contributed by atoms with Crippen LogP contribution in [0.4, 0.5) is 10.1 Å². The molecule has 1 N–H and O–H groups in total. The Hall–Kier alpha value is -2.38. The topological polar surface area (TPSA) is 30.5 Å². The van der Waals surface area contributed by atoms with Gasteiger partial charge in [-0.2, -0.15) is 0 Å². The SMILES string of the molecule is C#CCOc1ccc(CNc2ccc(F)c(Cl)c2)cc1OC. The number of benzene rings is 2. The second-order valence-corrected chi connectivity index (χ2v) is 4.87. The third kappa shape index (κ3) is 4.06. The van der Waals surface area contributed by atoms with E-state index in [4.69, 9.17) is 27.5 Å². The van der Waals surface area contributed by atoms with Gasteiger partial charge in [0.25, 0.3) is 0 Å². The van der Waals surface area contributed by atoms with Crippen LogP contribution in [0.5, 0.6) is 11.5 Å². The van der Waals surface area contributed by atoms with Gasteiger partial charge in [-0.25, -0.2) is 4.39 Å². The molecule has 0 aromatic heterocycles. The number of rotatable bonds is 6. The van der Waals surface area contributed by atoms with Gasteiger partial charge in [-0.3, -0.25) is 0 Å². The third-order valence-corrected chi connectivity index (χ3v) is 3.24. The highest BCUT2D eigenvalue weighted by Crippen LogP contribution is 2.28. The minimum atomic E-state index is -0.441. The quantitative estimate of drug-likeness (QED) is 0.813. The molecule has 5 heteroatoms. The number of nitrogens with one attached hydrogen (secondary N) is 1. The second kappa shape index (κ2) is 7.58. The lowest BCUT2D eigenvalue weighted by atomic mass is 10.2. The number of halogens is 2. The average Bonchev–Trinajstić information content (AvgIpc) is 2.54. The van der Waals surface area contributed by atoms with Gasteiger partial charge in [0.2, 0.25) is 0 Å². The van der Waals surface area contributed by atoms with E-state index in [9.17, 15) is 4.39 Å². The zero-order chi connectivity index (χ0) is 15.9. The summed E-state index contributed by atoms with van der Waals surface area (Å²) in [6.45, 7) is 0.718. The molecule has 0 saturated carbocycles. The van der Waals surface area contributed by atoms with Gasteiger partial charge in [-0.05, 0) is 35.9 Å². The van der Waals surface area contributed by atoms with Crippen LogP contribution in [0.25, 0.3) is 0 Å². The third-order valence-electron chi connectivity index (χ3n) is 2.96. The maximum absolute atomic E-state index is 13.1. The fourth-order valence-electron chi connectivity index (χ4n) is 1.87. The summed E-state index contributed by atoms with van der Waals surface area (Å²) < 4.78 is 23.8. The molecule has 0 atom stereocenters.